The molecule has 0 bridgehead atoms. The number of rotatable bonds is 6. The molecule has 2 heteroatoms. The molecule has 0 spiro atoms. The van der Waals surface area contributed by atoms with Crippen molar-refractivity contribution in [1.29, 1.82) is 0 Å². The largest absolute Gasteiger partial charge is 0.459 e. The third kappa shape index (κ3) is 5.79. The quantitative estimate of drug-likeness (QED) is 0.483. The summed E-state index contributed by atoms with van der Waals surface area (Å²) in [6.45, 7) is 11.6. The van der Waals surface area contributed by atoms with Crippen molar-refractivity contribution in [3.63, 3.8) is 0 Å². The summed E-state index contributed by atoms with van der Waals surface area (Å²) in [4.78, 5) is 11.2. The summed E-state index contributed by atoms with van der Waals surface area (Å²) in [6, 6.07) is 0. The zero-order chi connectivity index (χ0) is 11.1. The molecule has 0 aliphatic rings. The predicted molar refractivity (Wildman–Crippen MR) is 59.1 cm³/mol. The fourth-order valence-electron chi connectivity index (χ4n) is 1.12. The predicted octanol–water partition coefficient (Wildman–Crippen LogP) is 3.32. The van der Waals surface area contributed by atoms with Gasteiger partial charge in [-0.2, -0.15) is 0 Å². The molecule has 0 heterocycles. The first-order valence-electron chi connectivity index (χ1n) is 5.33. The van der Waals surface area contributed by atoms with E-state index in [1.165, 1.54) is 0 Å². The molecule has 1 unspecified atom stereocenters. The molecule has 0 rings (SSSR count). The summed E-state index contributed by atoms with van der Waals surface area (Å²) in [6.07, 6.45) is 2.99. The molecule has 0 aromatic rings. The second-order valence-corrected chi connectivity index (χ2v) is 4.19. The Hall–Kier alpha value is -0.790. The highest BCUT2D eigenvalue weighted by Gasteiger charge is 2.13. The molecular formula is C12H22O2. The minimum Gasteiger partial charge on any atom is -0.459 e. The maximum Gasteiger partial charge on any atom is 0.333 e. The first-order valence-corrected chi connectivity index (χ1v) is 5.33. The molecule has 0 N–H and O–H groups in total. The molecule has 1 atom stereocenters. The number of hydrogen-bond acceptors (Lipinski definition) is 2. The van der Waals surface area contributed by atoms with E-state index in [9.17, 15) is 4.79 Å². The number of esters is 1. The Morgan fingerprint density at radius 1 is 1.36 bits per heavy atom. The van der Waals surface area contributed by atoms with Crippen molar-refractivity contribution >= 4 is 5.97 Å². The zero-order valence-corrected chi connectivity index (χ0v) is 9.80. The van der Waals surface area contributed by atoms with E-state index >= 15 is 0 Å². The van der Waals surface area contributed by atoms with E-state index in [0.29, 0.717) is 11.5 Å². The Kier molecular flexibility index (Phi) is 6.26. The van der Waals surface area contributed by atoms with E-state index in [1.807, 2.05) is 6.92 Å². The standard InChI is InChI=1S/C12H22O2/c1-6-11(8-7-9(2)3)14-12(13)10(4)5/h9,11H,4,6-8H2,1-3,5H3. The monoisotopic (exact) mass is 198 g/mol. The van der Waals surface area contributed by atoms with Gasteiger partial charge in [0, 0.05) is 5.57 Å². The van der Waals surface area contributed by atoms with E-state index in [1.54, 1.807) is 6.92 Å². The van der Waals surface area contributed by atoms with Gasteiger partial charge in [-0.25, -0.2) is 4.79 Å². The van der Waals surface area contributed by atoms with E-state index < -0.39 is 0 Å². The van der Waals surface area contributed by atoms with E-state index in [4.69, 9.17) is 4.74 Å². The maximum atomic E-state index is 11.2. The van der Waals surface area contributed by atoms with E-state index in [0.717, 1.165) is 19.3 Å². The van der Waals surface area contributed by atoms with Gasteiger partial charge in [0.2, 0.25) is 0 Å². The van der Waals surface area contributed by atoms with Crippen molar-refractivity contribution in [2.75, 3.05) is 0 Å². The summed E-state index contributed by atoms with van der Waals surface area (Å²) in [7, 11) is 0. The van der Waals surface area contributed by atoms with Crippen LogP contribution in [0.4, 0.5) is 0 Å². The summed E-state index contributed by atoms with van der Waals surface area (Å²) in [5, 5.41) is 0. The van der Waals surface area contributed by atoms with Crippen molar-refractivity contribution in [2.45, 2.75) is 53.1 Å². The smallest absolute Gasteiger partial charge is 0.333 e. The van der Waals surface area contributed by atoms with Gasteiger partial charge < -0.3 is 4.74 Å². The Morgan fingerprint density at radius 2 is 1.93 bits per heavy atom. The molecule has 82 valence electrons. The zero-order valence-electron chi connectivity index (χ0n) is 9.80. The van der Waals surface area contributed by atoms with Crippen LogP contribution in [0.15, 0.2) is 12.2 Å². The molecule has 0 aliphatic carbocycles. The lowest BCUT2D eigenvalue weighted by Crippen LogP contribution is -2.18. The Balaban J connectivity index is 3.90. The van der Waals surface area contributed by atoms with Crippen LogP contribution < -0.4 is 0 Å². The molecular weight excluding hydrogens is 176 g/mol. The normalized spacial score (nSPS) is 12.6. The van der Waals surface area contributed by atoms with Crippen LogP contribution in [0, 0.1) is 5.92 Å². The molecule has 0 aromatic heterocycles. The van der Waals surface area contributed by atoms with Crippen LogP contribution >= 0.6 is 0 Å². The van der Waals surface area contributed by atoms with Gasteiger partial charge in [0.15, 0.2) is 0 Å². The van der Waals surface area contributed by atoms with Crippen LogP contribution in [-0.2, 0) is 9.53 Å². The number of hydrogen-bond donors (Lipinski definition) is 0. The molecule has 0 saturated heterocycles. The topological polar surface area (TPSA) is 26.3 Å². The molecule has 0 saturated carbocycles. The molecule has 0 radical (unpaired) electrons. The van der Waals surface area contributed by atoms with Crippen LogP contribution in [0.25, 0.3) is 0 Å². The van der Waals surface area contributed by atoms with Crippen molar-refractivity contribution < 1.29 is 9.53 Å². The van der Waals surface area contributed by atoms with Gasteiger partial charge >= 0.3 is 5.97 Å². The summed E-state index contributed by atoms with van der Waals surface area (Å²) in [5.41, 5.74) is 0.480. The molecule has 14 heavy (non-hydrogen) atoms. The average Bonchev–Trinajstić information content (AvgIpc) is 2.11. The second-order valence-electron chi connectivity index (χ2n) is 4.19. The molecule has 0 aromatic carbocycles. The van der Waals surface area contributed by atoms with Gasteiger partial charge in [0.05, 0.1) is 0 Å². The van der Waals surface area contributed by atoms with Gasteiger partial charge in [-0.3, -0.25) is 0 Å². The lowest BCUT2D eigenvalue weighted by Gasteiger charge is -2.17. The third-order valence-corrected chi connectivity index (χ3v) is 2.14. The number of carbonyl (C=O) groups excluding carboxylic acids is 1. The Bertz CT molecular complexity index is 194. The number of carbonyl (C=O) groups is 1. The molecule has 0 aliphatic heterocycles. The minimum absolute atomic E-state index is 0.0570. The van der Waals surface area contributed by atoms with Crippen LogP contribution in [0.2, 0.25) is 0 Å². The fourth-order valence-corrected chi connectivity index (χ4v) is 1.12. The summed E-state index contributed by atoms with van der Waals surface area (Å²) < 4.78 is 5.27. The van der Waals surface area contributed by atoms with Crippen LogP contribution in [-0.4, -0.2) is 12.1 Å². The van der Waals surface area contributed by atoms with Crippen LogP contribution in [0.1, 0.15) is 47.0 Å². The van der Waals surface area contributed by atoms with Crippen LogP contribution in [0.5, 0.6) is 0 Å². The lowest BCUT2D eigenvalue weighted by molar-refractivity contribution is -0.144. The minimum atomic E-state index is -0.263. The van der Waals surface area contributed by atoms with Gasteiger partial charge in [0.1, 0.15) is 6.10 Å². The van der Waals surface area contributed by atoms with Crippen molar-refractivity contribution in [3.8, 4) is 0 Å². The summed E-state index contributed by atoms with van der Waals surface area (Å²) >= 11 is 0. The third-order valence-electron chi connectivity index (χ3n) is 2.14. The van der Waals surface area contributed by atoms with Gasteiger partial charge in [0.25, 0.3) is 0 Å². The fraction of sp³-hybridized carbons (Fsp3) is 0.750. The van der Waals surface area contributed by atoms with Crippen molar-refractivity contribution in [1.82, 2.24) is 0 Å². The van der Waals surface area contributed by atoms with Gasteiger partial charge in [-0.05, 0) is 32.1 Å². The number of ether oxygens (including phenoxy) is 1. The Morgan fingerprint density at radius 3 is 2.29 bits per heavy atom. The highest BCUT2D eigenvalue weighted by Crippen LogP contribution is 2.13. The second kappa shape index (κ2) is 6.63. The van der Waals surface area contributed by atoms with Crippen molar-refractivity contribution in [3.05, 3.63) is 12.2 Å². The van der Waals surface area contributed by atoms with Crippen LogP contribution in [0.3, 0.4) is 0 Å². The van der Waals surface area contributed by atoms with Gasteiger partial charge in [-0.15, -0.1) is 0 Å². The maximum absolute atomic E-state index is 11.2. The first-order chi connectivity index (χ1) is 6.47. The van der Waals surface area contributed by atoms with E-state index in [-0.39, 0.29) is 12.1 Å². The summed E-state index contributed by atoms with van der Waals surface area (Å²) in [5.74, 6) is 0.396. The molecule has 0 amide bonds. The molecule has 0 fully saturated rings. The SMILES string of the molecule is C=C(C)C(=O)OC(CC)CCC(C)C. The average molecular weight is 198 g/mol. The first kappa shape index (κ1) is 13.2. The van der Waals surface area contributed by atoms with Gasteiger partial charge in [-0.1, -0.05) is 27.4 Å². The highest BCUT2D eigenvalue weighted by atomic mass is 16.5. The lowest BCUT2D eigenvalue weighted by atomic mass is 10.0. The molecule has 2 nitrogen and oxygen atoms in total. The van der Waals surface area contributed by atoms with E-state index in [2.05, 4.69) is 20.4 Å². The Labute approximate surface area is 87.3 Å². The van der Waals surface area contributed by atoms with Crippen molar-refractivity contribution in [2.24, 2.45) is 5.92 Å². The highest BCUT2D eigenvalue weighted by molar-refractivity contribution is 5.87.